The van der Waals surface area contributed by atoms with Crippen LogP contribution in [0.4, 0.5) is 5.69 Å². The number of carbonyl (C=O) groups excluding carboxylic acids is 1. The number of carbonyl (C=O) groups is 1. The van der Waals surface area contributed by atoms with Gasteiger partial charge in [0.15, 0.2) is 0 Å². The Labute approximate surface area is 212 Å². The molecule has 33 heavy (non-hydrogen) atoms. The van der Waals surface area contributed by atoms with E-state index in [9.17, 15) is 9.90 Å². The van der Waals surface area contributed by atoms with Crippen LogP contribution in [0.3, 0.4) is 0 Å². The summed E-state index contributed by atoms with van der Waals surface area (Å²) in [5.41, 5.74) is 2.54. The average Bonchev–Trinajstić information content (AvgIpc) is 3.45. The zero-order chi connectivity index (χ0) is 22.7. The molecule has 0 saturated carbocycles. The fourth-order valence-corrected chi connectivity index (χ4v) is 3.20. The van der Waals surface area contributed by atoms with E-state index >= 15 is 0 Å². The molecule has 162 valence electrons. The van der Waals surface area contributed by atoms with Crippen LogP contribution < -0.4 is 39.4 Å². The molecule has 0 unspecified atom stereocenters. The minimum atomic E-state index is -1.12. The number of rotatable bonds is 8. The van der Waals surface area contributed by atoms with Crippen molar-refractivity contribution in [3.8, 4) is 28.6 Å². The van der Waals surface area contributed by atoms with Crippen molar-refractivity contribution < 1.29 is 48.7 Å². The number of ether oxygens (including phenoxy) is 1. The summed E-state index contributed by atoms with van der Waals surface area (Å²) in [6, 6.07) is 10.7. The van der Waals surface area contributed by atoms with E-state index in [1.807, 2.05) is 32.0 Å². The van der Waals surface area contributed by atoms with Crippen molar-refractivity contribution in [1.82, 2.24) is 19.9 Å². The molecule has 0 aliphatic carbocycles. The number of hydrogen-bond acceptors (Lipinski definition) is 7. The SMILES string of the molecule is [C-]#[N+]c1cc(-c2nc(-c3ccc4c(cnn4CCC(=O)[O-])c3)no2)ccc1O[C@H](C)CC.[Na+]. The molecule has 9 nitrogen and oxygen atoms in total. The zero-order valence-corrected chi connectivity index (χ0v) is 20.6. The van der Waals surface area contributed by atoms with Gasteiger partial charge in [0.05, 0.1) is 24.4 Å². The number of benzene rings is 2. The summed E-state index contributed by atoms with van der Waals surface area (Å²) in [5, 5.41) is 19.8. The first-order valence-electron chi connectivity index (χ1n) is 10.2. The fraction of sp³-hybridized carbons (Fsp3) is 0.261. The molecule has 0 radical (unpaired) electrons. The van der Waals surface area contributed by atoms with Gasteiger partial charge in [-0.3, -0.25) is 4.68 Å². The Balaban J connectivity index is 0.00000306. The van der Waals surface area contributed by atoms with Gasteiger partial charge in [-0.1, -0.05) is 12.1 Å². The Morgan fingerprint density at radius 3 is 2.79 bits per heavy atom. The second-order valence-corrected chi connectivity index (χ2v) is 7.32. The quantitative estimate of drug-likeness (QED) is 0.284. The van der Waals surface area contributed by atoms with Crippen LogP contribution in [-0.2, 0) is 11.3 Å². The maximum absolute atomic E-state index is 10.7. The first-order chi connectivity index (χ1) is 15.5. The predicted molar refractivity (Wildman–Crippen MR) is 115 cm³/mol. The number of aliphatic carboxylic acids is 1. The smallest absolute Gasteiger partial charge is 0.550 e. The molecule has 2 aromatic carbocycles. The van der Waals surface area contributed by atoms with Crippen LogP contribution in [0.2, 0.25) is 0 Å². The summed E-state index contributed by atoms with van der Waals surface area (Å²) >= 11 is 0. The molecule has 4 rings (SSSR count). The van der Waals surface area contributed by atoms with Crippen LogP contribution in [-0.4, -0.2) is 32.0 Å². The second kappa shape index (κ2) is 10.6. The first-order valence-corrected chi connectivity index (χ1v) is 10.2. The fourth-order valence-electron chi connectivity index (χ4n) is 3.20. The van der Waals surface area contributed by atoms with Gasteiger partial charge < -0.3 is 19.2 Å². The minimum absolute atomic E-state index is 0. The molecule has 1 atom stereocenters. The van der Waals surface area contributed by atoms with Crippen molar-refractivity contribution in [3.63, 3.8) is 0 Å². The van der Waals surface area contributed by atoms with Crippen molar-refractivity contribution in [2.45, 2.75) is 39.3 Å². The Bertz CT molecular complexity index is 1320. The van der Waals surface area contributed by atoms with Gasteiger partial charge in [0, 0.05) is 35.4 Å². The number of nitrogens with zero attached hydrogens (tertiary/aromatic N) is 5. The topological polar surface area (TPSA) is 110 Å². The van der Waals surface area contributed by atoms with Crippen molar-refractivity contribution >= 4 is 22.6 Å². The van der Waals surface area contributed by atoms with Gasteiger partial charge in [0.2, 0.25) is 11.5 Å². The average molecular weight is 453 g/mol. The van der Waals surface area contributed by atoms with Crippen LogP contribution >= 0.6 is 0 Å². The van der Waals surface area contributed by atoms with Crippen LogP contribution in [0.1, 0.15) is 26.7 Å². The van der Waals surface area contributed by atoms with E-state index < -0.39 is 5.97 Å². The first kappa shape index (κ1) is 24.5. The maximum Gasteiger partial charge on any atom is 1.00 e. The summed E-state index contributed by atoms with van der Waals surface area (Å²) in [7, 11) is 0. The Kier molecular flexibility index (Phi) is 7.87. The van der Waals surface area contributed by atoms with E-state index in [-0.39, 0.29) is 48.6 Å². The third-order valence-corrected chi connectivity index (χ3v) is 5.08. The number of fused-ring (bicyclic) bond motifs is 1. The third kappa shape index (κ3) is 5.42. The molecule has 0 fully saturated rings. The van der Waals surface area contributed by atoms with Crippen molar-refractivity contribution in [2.75, 3.05) is 0 Å². The molecule has 0 aliphatic rings. The summed E-state index contributed by atoms with van der Waals surface area (Å²) < 4.78 is 12.8. The molecule has 0 amide bonds. The molecule has 4 aromatic rings. The van der Waals surface area contributed by atoms with Crippen molar-refractivity contribution in [3.05, 3.63) is 54.0 Å². The third-order valence-electron chi connectivity index (χ3n) is 5.08. The van der Waals surface area contributed by atoms with E-state index in [0.29, 0.717) is 28.7 Å². The maximum atomic E-state index is 10.7. The van der Waals surface area contributed by atoms with Gasteiger partial charge in [0.1, 0.15) is 5.75 Å². The Morgan fingerprint density at radius 2 is 2.06 bits per heavy atom. The number of aromatic nitrogens is 4. The van der Waals surface area contributed by atoms with Gasteiger partial charge in [-0.25, -0.2) is 4.85 Å². The predicted octanol–water partition coefficient (Wildman–Crippen LogP) is 0.625. The molecular formula is C23H20N5NaO4. The monoisotopic (exact) mass is 453 g/mol. The number of carboxylic acid groups (broad SMARTS) is 1. The van der Waals surface area contributed by atoms with Gasteiger partial charge in [-0.15, -0.1) is 0 Å². The molecule has 0 saturated heterocycles. The minimum Gasteiger partial charge on any atom is -0.550 e. The van der Waals surface area contributed by atoms with Gasteiger partial charge in [-0.05, 0) is 49.7 Å². The van der Waals surface area contributed by atoms with E-state index in [2.05, 4.69) is 20.1 Å². The summed E-state index contributed by atoms with van der Waals surface area (Å²) in [4.78, 5) is 18.7. The van der Waals surface area contributed by atoms with Crippen LogP contribution in [0.5, 0.6) is 5.75 Å². The molecule has 0 N–H and O–H groups in total. The summed E-state index contributed by atoms with van der Waals surface area (Å²) in [6.45, 7) is 11.7. The van der Waals surface area contributed by atoms with Crippen LogP contribution in [0.25, 0.3) is 38.6 Å². The van der Waals surface area contributed by atoms with Gasteiger partial charge >= 0.3 is 29.6 Å². The van der Waals surface area contributed by atoms with Crippen molar-refractivity contribution in [1.29, 1.82) is 0 Å². The van der Waals surface area contributed by atoms with Crippen LogP contribution in [0, 0.1) is 6.57 Å². The second-order valence-electron chi connectivity index (χ2n) is 7.32. The molecule has 0 aliphatic heterocycles. The van der Waals surface area contributed by atoms with E-state index in [0.717, 1.165) is 22.9 Å². The molecule has 0 spiro atoms. The summed E-state index contributed by atoms with van der Waals surface area (Å²) in [5.74, 6) is 0.0999. The number of carboxylic acids is 1. The zero-order valence-electron chi connectivity index (χ0n) is 18.6. The molecule has 10 heteroatoms. The van der Waals surface area contributed by atoms with E-state index in [1.54, 1.807) is 29.1 Å². The Morgan fingerprint density at radius 1 is 1.27 bits per heavy atom. The van der Waals surface area contributed by atoms with Crippen molar-refractivity contribution in [2.24, 2.45) is 0 Å². The normalized spacial score (nSPS) is 11.5. The molecule has 0 bridgehead atoms. The molecular weight excluding hydrogens is 433 g/mol. The largest absolute Gasteiger partial charge is 1.00 e. The van der Waals surface area contributed by atoms with Gasteiger partial charge in [0.25, 0.3) is 5.89 Å². The summed E-state index contributed by atoms with van der Waals surface area (Å²) in [6.07, 6.45) is 2.40. The van der Waals surface area contributed by atoms with Gasteiger partial charge in [-0.2, -0.15) is 10.1 Å². The van der Waals surface area contributed by atoms with Crippen LogP contribution in [0.15, 0.2) is 47.1 Å². The van der Waals surface area contributed by atoms with E-state index in [1.165, 1.54) is 0 Å². The molecule has 2 heterocycles. The number of aryl methyl sites for hydroxylation is 1. The molecule has 2 aromatic heterocycles. The van der Waals surface area contributed by atoms with E-state index in [4.69, 9.17) is 15.8 Å². The standard InChI is InChI=1S/C23H21N5O4.Na/c1-4-14(2)31-20-8-6-16(12-18(20)24-3)23-26-22(27-32-23)15-5-7-19-17(11-15)13-25-28(19)10-9-21(29)30;/h5-8,11-14H,4,9-10H2,1-2H3,(H,29,30);/q;+1/p-1/t14-;/m1./s1. The Hall–Kier alpha value is -3.19. The number of hydrogen-bond donors (Lipinski definition) is 0.